The SMILES string of the molecule is C.COC(=O)c1cnc2c3ccc(C(=O)Oc4c(Cl)cc(Cl)cc4Cl)c4c(C)cnc(c5ccc(C(=O)Oc6c(Cl)cc(Cl)cc6Cl)c1c52)c43.Cc1ccc(S(=O)(=O)O)cc1.Cc1ccc(S(=O)(=O)[O-])cc1.O=C1OC(=O)c2c[nH+]c3c4ccc5c6c(c[nH+]c(c7ccc1c2c73)c64)C(=O)OC5=O.O=C=O. The minimum Gasteiger partial charge on any atom is -0.744 e. The van der Waals surface area contributed by atoms with E-state index in [-0.39, 0.29) is 98.2 Å². The van der Waals surface area contributed by atoms with Crippen molar-refractivity contribution in [3.8, 4) is 11.5 Å². The fourth-order valence-corrected chi connectivity index (χ4v) is 14.8. The highest BCUT2D eigenvalue weighted by Gasteiger charge is 2.38. The molecule has 0 saturated heterocycles. The minimum atomic E-state index is -4.27. The van der Waals surface area contributed by atoms with Crippen molar-refractivity contribution in [3.05, 3.63) is 232 Å². The van der Waals surface area contributed by atoms with E-state index >= 15 is 0 Å². The van der Waals surface area contributed by atoms with Crippen LogP contribution >= 0.6 is 69.6 Å². The van der Waals surface area contributed by atoms with Gasteiger partial charge in [-0.3, -0.25) is 14.5 Å². The van der Waals surface area contributed by atoms with Crippen molar-refractivity contribution in [1.82, 2.24) is 9.97 Å². The molecule has 3 N–H and O–H groups in total. The Morgan fingerprint density at radius 3 is 1.25 bits per heavy atom. The summed E-state index contributed by atoms with van der Waals surface area (Å²) in [5.74, 6) is -5.26. The molecule has 528 valence electrons. The highest BCUT2D eigenvalue weighted by molar-refractivity contribution is 7.86. The Kier molecular flexibility index (Phi) is 21.0. The van der Waals surface area contributed by atoms with Crippen LogP contribution in [0.25, 0.3) is 86.7 Å². The standard InChI is InChI=1S/C35H16Cl6N2O6.C22H6N2O6.2C7H8O3S.CO2.CH4/c1-13-11-42-29-17-4-6-19(35(46)49-32-23(40)9-15(37)10-24(32)41)26-20(33(44)47-2)12-43-30(28(17)26)16-3-5-18(25(13)27(16)29)34(45)48-31-21(38)7-14(36)8-22(31)39;25-19-9-3-1-7-15-13(9)11(21(27)29-19)6-24-18(15)8-2-4-10-14-12(22(28)30-20(10)26)5-23-17(7)16(8)14;2*1-6-2-4-7(5-3-6)11(8,9)10;2-1-3;/h3-12H,1-2H3;1-6H;2*2-5H,1H3,(H,8,9,10);;1H4/p+1. The van der Waals surface area contributed by atoms with Gasteiger partial charge in [0.1, 0.15) is 21.2 Å². The number of aromatic nitrogens is 4. The summed E-state index contributed by atoms with van der Waals surface area (Å²) in [5.41, 5.74) is 6.22. The van der Waals surface area contributed by atoms with Gasteiger partial charge in [-0.2, -0.15) is 18.0 Å². The predicted octanol–water partition coefficient (Wildman–Crippen LogP) is 15.2. The fourth-order valence-electron chi connectivity index (χ4n) is 12.1. The maximum absolute atomic E-state index is 13.8. The van der Waals surface area contributed by atoms with Gasteiger partial charge in [-0.15, -0.1) is 0 Å². The minimum absolute atomic E-state index is 0. The number of aromatic amines is 2. The molecule has 0 fully saturated rings. The Bertz CT molecular complexity index is 6020. The van der Waals surface area contributed by atoms with Gasteiger partial charge < -0.3 is 28.2 Å². The van der Waals surface area contributed by atoms with Crippen molar-refractivity contribution in [3.63, 3.8) is 0 Å². The van der Waals surface area contributed by atoms with Crippen molar-refractivity contribution < 1.29 is 103 Å². The second-order valence-electron chi connectivity index (χ2n) is 22.8. The van der Waals surface area contributed by atoms with Gasteiger partial charge in [0.25, 0.3) is 10.1 Å². The Balaban J connectivity index is 0.000000164. The number of nitrogens with zero attached hydrogens (tertiary/aromatic N) is 2. The van der Waals surface area contributed by atoms with E-state index in [2.05, 4.69) is 15.0 Å². The topological polar surface area (TPSA) is 365 Å². The second-order valence-corrected chi connectivity index (χ2v) is 28.1. The number of ether oxygens (including phenoxy) is 5. The summed E-state index contributed by atoms with van der Waals surface area (Å²) in [7, 11) is -7.07. The third kappa shape index (κ3) is 14.0. The first-order chi connectivity index (χ1) is 49.3. The molecule has 2 aliphatic heterocycles. The summed E-state index contributed by atoms with van der Waals surface area (Å²) < 4.78 is 86.8. The first-order valence-electron chi connectivity index (χ1n) is 29.7. The van der Waals surface area contributed by atoms with Crippen LogP contribution in [-0.2, 0) is 44.0 Å². The molecule has 24 nitrogen and oxygen atoms in total. The van der Waals surface area contributed by atoms with Crippen LogP contribution in [0.3, 0.4) is 0 Å². The lowest BCUT2D eigenvalue weighted by Crippen LogP contribution is -2.24. The summed E-state index contributed by atoms with van der Waals surface area (Å²) in [5, 5.41) is 7.52. The zero-order valence-corrected chi connectivity index (χ0v) is 59.2. The van der Waals surface area contributed by atoms with E-state index < -0.39 is 62.0 Å². The van der Waals surface area contributed by atoms with Gasteiger partial charge in [0, 0.05) is 65.5 Å². The number of hydrogen-bond acceptors (Lipinski definition) is 21. The number of fused-ring (bicyclic) bond motifs is 4. The fraction of sp³-hybridized carbons (Fsp3) is 0.0685. The quantitative estimate of drug-likeness (QED) is 0.0294. The monoisotopic (exact) mass is 1570 g/mol. The number of carbonyl (C=O) groups excluding carboxylic acids is 9. The Hall–Kier alpha value is -11.0. The number of aryl methyl sites for hydroxylation is 3. The van der Waals surface area contributed by atoms with Crippen LogP contribution in [0.1, 0.15) is 96.6 Å². The third-order valence-electron chi connectivity index (χ3n) is 16.5. The molecule has 0 unspecified atom stereocenters. The van der Waals surface area contributed by atoms with E-state index in [0.717, 1.165) is 21.9 Å². The van der Waals surface area contributed by atoms with Gasteiger partial charge in [0.05, 0.1) is 97.4 Å². The summed E-state index contributed by atoms with van der Waals surface area (Å²) in [6, 6.07) is 30.6. The lowest BCUT2D eigenvalue weighted by atomic mass is 9.88. The highest BCUT2D eigenvalue weighted by atomic mass is 35.5. The van der Waals surface area contributed by atoms with Crippen molar-refractivity contribution >= 4 is 224 Å². The molecule has 16 rings (SSSR count). The molecule has 0 atom stereocenters. The van der Waals surface area contributed by atoms with Crippen LogP contribution in [0, 0.1) is 20.8 Å². The number of benzene rings is 10. The first kappa shape index (κ1) is 75.2. The first-order valence-corrected chi connectivity index (χ1v) is 34.8. The van der Waals surface area contributed by atoms with Crippen LogP contribution < -0.4 is 19.4 Å². The van der Waals surface area contributed by atoms with Crippen LogP contribution in [0.15, 0.2) is 156 Å². The number of rotatable bonds is 7. The van der Waals surface area contributed by atoms with Gasteiger partial charge >= 0.3 is 47.9 Å². The second kappa shape index (κ2) is 29.3. The Morgan fingerprint density at radius 2 is 0.848 bits per heavy atom. The number of hydrogen-bond donors (Lipinski definition) is 1. The number of H-pyrrole nitrogens is 2. The molecule has 105 heavy (non-hydrogen) atoms. The zero-order chi connectivity index (χ0) is 74.9. The van der Waals surface area contributed by atoms with E-state index in [1.54, 1.807) is 79.9 Å². The normalized spacial score (nSPS) is 12.3. The lowest BCUT2D eigenvalue weighted by molar-refractivity contribution is -0.345. The van der Waals surface area contributed by atoms with Crippen LogP contribution in [0.2, 0.25) is 30.1 Å². The van der Waals surface area contributed by atoms with Crippen LogP contribution in [0.5, 0.6) is 11.5 Å². The smallest absolute Gasteiger partial charge is 0.373 e. The summed E-state index contributed by atoms with van der Waals surface area (Å²) in [6.45, 7) is 5.47. The molecule has 0 aliphatic carbocycles. The number of carbonyl (C=O) groups is 7. The van der Waals surface area contributed by atoms with Crippen LogP contribution in [0.4, 0.5) is 0 Å². The van der Waals surface area contributed by atoms with E-state index in [1.165, 1.54) is 80.3 Å². The van der Waals surface area contributed by atoms with Crippen molar-refractivity contribution in [2.24, 2.45) is 0 Å². The summed E-state index contributed by atoms with van der Waals surface area (Å²) in [4.78, 5) is 121. The molecular formula is C73H43Cl6N4O20S2+. The number of nitrogens with one attached hydrogen (secondary N) is 2. The Morgan fingerprint density at radius 1 is 0.476 bits per heavy atom. The Labute approximate surface area is 621 Å². The van der Waals surface area contributed by atoms with E-state index in [0.29, 0.717) is 87.2 Å². The zero-order valence-electron chi connectivity index (χ0n) is 53.0. The molecule has 14 aromatic rings. The molecule has 6 heterocycles. The van der Waals surface area contributed by atoms with Gasteiger partial charge in [-0.25, -0.2) is 51.9 Å². The number of pyridine rings is 4. The van der Waals surface area contributed by atoms with E-state index in [4.69, 9.17) is 112 Å². The molecule has 2 aliphatic rings. The predicted molar refractivity (Wildman–Crippen MR) is 384 cm³/mol. The lowest BCUT2D eigenvalue weighted by Gasteiger charge is -2.19. The highest BCUT2D eigenvalue weighted by Crippen LogP contribution is 2.46. The molecule has 32 heteroatoms. The van der Waals surface area contributed by atoms with E-state index in [1.807, 2.05) is 13.8 Å². The number of halogens is 6. The average molecular weight is 1570 g/mol. The van der Waals surface area contributed by atoms with Gasteiger partial charge in [-0.05, 0) is 111 Å². The summed E-state index contributed by atoms with van der Waals surface area (Å²) in [6.07, 6.45) is 6.22. The van der Waals surface area contributed by atoms with E-state index in [9.17, 15) is 55.0 Å². The molecule has 0 spiro atoms. The molecule has 4 aromatic heterocycles. The maximum atomic E-state index is 13.8. The third-order valence-corrected chi connectivity index (χ3v) is 19.8. The number of cyclic esters (lactones) is 4. The number of esters is 7. The largest absolute Gasteiger partial charge is 0.744 e. The summed E-state index contributed by atoms with van der Waals surface area (Å²) >= 11 is 37.3. The molecule has 0 bridgehead atoms. The van der Waals surface area contributed by atoms with Crippen molar-refractivity contribution in [2.45, 2.75) is 38.0 Å². The van der Waals surface area contributed by atoms with Crippen molar-refractivity contribution in [2.75, 3.05) is 7.11 Å². The van der Waals surface area contributed by atoms with Gasteiger partial charge in [0.15, 0.2) is 23.9 Å². The number of methoxy groups -OCH3 is 1. The van der Waals surface area contributed by atoms with Crippen molar-refractivity contribution in [1.29, 1.82) is 0 Å². The van der Waals surface area contributed by atoms with Crippen LogP contribution in [-0.4, -0.2) is 91.0 Å². The molecular weight excluding hydrogens is 1530 g/mol. The molecule has 0 saturated carbocycles. The molecule has 10 aromatic carbocycles. The van der Waals surface area contributed by atoms with Gasteiger partial charge in [-0.1, -0.05) is 125 Å². The molecule has 0 radical (unpaired) electrons. The maximum Gasteiger partial charge on any atom is 0.373 e. The molecule has 0 amide bonds. The average Bonchev–Trinajstić information content (AvgIpc) is 0.700. The van der Waals surface area contributed by atoms with Gasteiger partial charge in [0.2, 0.25) is 11.0 Å².